The summed E-state index contributed by atoms with van der Waals surface area (Å²) in [5.41, 5.74) is -0.393. The van der Waals surface area contributed by atoms with E-state index in [1.807, 2.05) is 31.2 Å². The minimum absolute atomic E-state index is 0.150. The van der Waals surface area contributed by atoms with Gasteiger partial charge in [0, 0.05) is 0 Å². The number of nitrogens with one attached hydrogen (secondary N) is 1. The fourth-order valence-electron chi connectivity index (χ4n) is 2.23. The van der Waals surface area contributed by atoms with Crippen molar-refractivity contribution < 1.29 is 19.4 Å². The van der Waals surface area contributed by atoms with Crippen LogP contribution in [0.3, 0.4) is 0 Å². The number of amides is 1. The minimum Gasteiger partial charge on any atom is -0.493 e. The van der Waals surface area contributed by atoms with Gasteiger partial charge in [0.25, 0.3) is 0 Å². The number of carboxylic acids is 1. The zero-order valence-corrected chi connectivity index (χ0v) is 14.4. The molecule has 1 rings (SSSR count). The van der Waals surface area contributed by atoms with Crippen LogP contribution in [0.25, 0.3) is 0 Å². The van der Waals surface area contributed by atoms with Crippen molar-refractivity contribution in [1.82, 2.24) is 5.32 Å². The van der Waals surface area contributed by atoms with Crippen molar-refractivity contribution >= 4 is 11.9 Å². The van der Waals surface area contributed by atoms with Crippen molar-refractivity contribution in [3.63, 3.8) is 0 Å². The lowest BCUT2D eigenvalue weighted by Crippen LogP contribution is -2.52. The van der Waals surface area contributed by atoms with Crippen LogP contribution < -0.4 is 10.1 Å². The molecule has 128 valence electrons. The first kappa shape index (κ1) is 19.0. The van der Waals surface area contributed by atoms with Crippen LogP contribution >= 0.6 is 0 Å². The van der Waals surface area contributed by atoms with Crippen molar-refractivity contribution in [2.75, 3.05) is 6.61 Å². The zero-order valence-electron chi connectivity index (χ0n) is 14.4. The van der Waals surface area contributed by atoms with Crippen LogP contribution in [-0.4, -0.2) is 29.1 Å². The van der Waals surface area contributed by atoms with Crippen LogP contribution in [0.15, 0.2) is 24.3 Å². The lowest BCUT2D eigenvalue weighted by atomic mass is 9.96. The summed E-state index contributed by atoms with van der Waals surface area (Å²) in [5, 5.41) is 11.9. The lowest BCUT2D eigenvalue weighted by Gasteiger charge is -2.25. The molecular weight excluding hydrogens is 294 g/mol. The second-order valence-electron chi connectivity index (χ2n) is 6.46. The third-order valence-electron chi connectivity index (χ3n) is 3.51. The highest BCUT2D eigenvalue weighted by atomic mass is 16.5. The van der Waals surface area contributed by atoms with Gasteiger partial charge in [0.1, 0.15) is 11.3 Å². The van der Waals surface area contributed by atoms with E-state index in [9.17, 15) is 14.7 Å². The predicted octanol–water partition coefficient (Wildman–Crippen LogP) is 3.02. The largest absolute Gasteiger partial charge is 0.493 e. The Morgan fingerprint density at radius 2 is 1.87 bits per heavy atom. The van der Waals surface area contributed by atoms with E-state index in [-0.39, 0.29) is 12.3 Å². The second kappa shape index (κ2) is 8.56. The average molecular weight is 321 g/mol. The van der Waals surface area contributed by atoms with E-state index in [4.69, 9.17) is 4.74 Å². The molecule has 0 saturated heterocycles. The fraction of sp³-hybridized carbons (Fsp3) is 0.556. The van der Waals surface area contributed by atoms with Gasteiger partial charge >= 0.3 is 5.97 Å². The van der Waals surface area contributed by atoms with E-state index in [0.29, 0.717) is 25.4 Å². The fourth-order valence-corrected chi connectivity index (χ4v) is 2.23. The maximum Gasteiger partial charge on any atom is 0.329 e. The van der Waals surface area contributed by atoms with Crippen molar-refractivity contribution in [1.29, 1.82) is 0 Å². The minimum atomic E-state index is -1.22. The number of carbonyl (C=O) groups is 2. The molecule has 0 aliphatic rings. The van der Waals surface area contributed by atoms with Crippen LogP contribution in [0, 0.1) is 5.92 Å². The molecular formula is C18H27NO4. The van der Waals surface area contributed by atoms with E-state index in [2.05, 4.69) is 19.2 Å². The van der Waals surface area contributed by atoms with Crippen LogP contribution in [-0.2, 0) is 16.0 Å². The first-order valence-electron chi connectivity index (χ1n) is 8.03. The highest BCUT2D eigenvalue weighted by Crippen LogP contribution is 2.16. The molecule has 0 saturated carbocycles. The van der Waals surface area contributed by atoms with Gasteiger partial charge < -0.3 is 15.2 Å². The number of carboxylic acid groups (broad SMARTS) is 1. The molecule has 0 spiro atoms. The molecule has 0 bridgehead atoms. The number of ether oxygens (including phenoxy) is 1. The smallest absolute Gasteiger partial charge is 0.329 e. The molecule has 0 aliphatic heterocycles. The van der Waals surface area contributed by atoms with Crippen molar-refractivity contribution in [2.24, 2.45) is 5.92 Å². The van der Waals surface area contributed by atoms with Gasteiger partial charge in [-0.2, -0.15) is 0 Å². The van der Waals surface area contributed by atoms with Gasteiger partial charge in [0.15, 0.2) is 0 Å². The number of aliphatic carboxylic acids is 1. The first-order valence-corrected chi connectivity index (χ1v) is 8.03. The van der Waals surface area contributed by atoms with Gasteiger partial charge in [-0.25, -0.2) is 4.79 Å². The molecule has 0 radical (unpaired) electrons. The number of hydrogen-bond acceptors (Lipinski definition) is 3. The summed E-state index contributed by atoms with van der Waals surface area (Å²) >= 11 is 0. The molecule has 0 aliphatic carbocycles. The lowest BCUT2D eigenvalue weighted by molar-refractivity contribution is -0.147. The molecule has 1 atom stereocenters. The molecule has 2 N–H and O–H groups in total. The van der Waals surface area contributed by atoms with E-state index >= 15 is 0 Å². The Kier molecular flexibility index (Phi) is 7.07. The normalized spacial score (nSPS) is 13.4. The standard InChI is InChI=1S/C18H27NO4/c1-5-10-18(4,17(21)22)19-16(20)11-14-6-8-15(9-7-14)23-12-13(2)3/h6-9,13H,5,10-12H2,1-4H3,(H,19,20)(H,21,22). The zero-order chi connectivity index (χ0) is 17.5. The molecule has 5 nitrogen and oxygen atoms in total. The van der Waals surface area contributed by atoms with Gasteiger partial charge in [-0.15, -0.1) is 0 Å². The molecule has 5 heteroatoms. The average Bonchev–Trinajstić information content (AvgIpc) is 2.46. The quantitative estimate of drug-likeness (QED) is 0.733. The highest BCUT2D eigenvalue weighted by Gasteiger charge is 2.33. The van der Waals surface area contributed by atoms with Crippen molar-refractivity contribution in [3.05, 3.63) is 29.8 Å². The first-order chi connectivity index (χ1) is 10.8. The molecule has 1 aromatic carbocycles. The van der Waals surface area contributed by atoms with E-state index in [1.54, 1.807) is 6.92 Å². The molecule has 0 aromatic heterocycles. The maximum atomic E-state index is 12.1. The molecule has 1 amide bonds. The molecule has 1 unspecified atom stereocenters. The molecule has 0 heterocycles. The number of rotatable bonds is 9. The third-order valence-corrected chi connectivity index (χ3v) is 3.51. The molecule has 1 aromatic rings. The monoisotopic (exact) mass is 321 g/mol. The predicted molar refractivity (Wildman–Crippen MR) is 89.6 cm³/mol. The summed E-state index contributed by atoms with van der Waals surface area (Å²) in [6, 6.07) is 7.31. The van der Waals surface area contributed by atoms with Gasteiger partial charge in [0.2, 0.25) is 5.91 Å². The van der Waals surface area contributed by atoms with Gasteiger partial charge in [-0.1, -0.05) is 39.3 Å². The Bertz CT molecular complexity index is 524. The molecule has 23 heavy (non-hydrogen) atoms. The summed E-state index contributed by atoms with van der Waals surface area (Å²) in [7, 11) is 0. The number of carbonyl (C=O) groups excluding carboxylic acids is 1. The van der Waals surface area contributed by atoms with Crippen LogP contribution in [0.1, 0.15) is 46.1 Å². The Morgan fingerprint density at radius 1 is 1.26 bits per heavy atom. The van der Waals surface area contributed by atoms with Gasteiger partial charge in [-0.05, 0) is 37.0 Å². The summed E-state index contributed by atoms with van der Waals surface area (Å²) < 4.78 is 5.59. The summed E-state index contributed by atoms with van der Waals surface area (Å²) in [5.74, 6) is -0.0822. The van der Waals surface area contributed by atoms with E-state index in [0.717, 1.165) is 11.3 Å². The van der Waals surface area contributed by atoms with Crippen LogP contribution in [0.5, 0.6) is 5.75 Å². The van der Waals surface area contributed by atoms with Gasteiger partial charge in [-0.3, -0.25) is 4.79 Å². The number of benzene rings is 1. The Hall–Kier alpha value is -2.04. The Morgan fingerprint density at radius 3 is 2.35 bits per heavy atom. The van der Waals surface area contributed by atoms with Crippen molar-refractivity contribution in [3.8, 4) is 5.75 Å². The third kappa shape index (κ3) is 6.30. The van der Waals surface area contributed by atoms with Gasteiger partial charge in [0.05, 0.1) is 13.0 Å². The van der Waals surface area contributed by atoms with E-state index < -0.39 is 11.5 Å². The molecule has 0 fully saturated rings. The van der Waals surface area contributed by atoms with E-state index in [1.165, 1.54) is 0 Å². The topological polar surface area (TPSA) is 75.6 Å². The maximum absolute atomic E-state index is 12.1. The second-order valence-corrected chi connectivity index (χ2v) is 6.46. The Balaban J connectivity index is 2.61. The summed E-state index contributed by atoms with van der Waals surface area (Å²) in [6.07, 6.45) is 1.23. The summed E-state index contributed by atoms with van der Waals surface area (Å²) in [4.78, 5) is 23.4. The Labute approximate surface area is 138 Å². The number of hydrogen-bond donors (Lipinski definition) is 2. The highest BCUT2D eigenvalue weighted by molar-refractivity contribution is 5.87. The SMILES string of the molecule is CCCC(C)(NC(=O)Cc1ccc(OCC(C)C)cc1)C(=O)O. The van der Waals surface area contributed by atoms with Crippen LogP contribution in [0.2, 0.25) is 0 Å². The summed E-state index contributed by atoms with van der Waals surface area (Å²) in [6.45, 7) is 8.24. The van der Waals surface area contributed by atoms with Crippen LogP contribution in [0.4, 0.5) is 0 Å². The van der Waals surface area contributed by atoms with Crippen molar-refractivity contribution in [2.45, 2.75) is 52.5 Å².